The van der Waals surface area contributed by atoms with Gasteiger partial charge >= 0.3 is 0 Å². The lowest BCUT2D eigenvalue weighted by Crippen LogP contribution is -2.35. The molecule has 0 radical (unpaired) electrons. The summed E-state index contributed by atoms with van der Waals surface area (Å²) in [5.74, 6) is 1.35. The van der Waals surface area contributed by atoms with Crippen molar-refractivity contribution in [3.05, 3.63) is 22.2 Å². The first-order valence-corrected chi connectivity index (χ1v) is 6.90. The number of methoxy groups -OCH3 is 2. The summed E-state index contributed by atoms with van der Waals surface area (Å²) in [7, 11) is 3.21. The van der Waals surface area contributed by atoms with Crippen molar-refractivity contribution in [2.24, 2.45) is 0 Å². The van der Waals surface area contributed by atoms with Crippen molar-refractivity contribution >= 4 is 15.9 Å². The number of rotatable bonds is 6. The second-order valence-corrected chi connectivity index (χ2v) is 6.12. The highest BCUT2D eigenvalue weighted by molar-refractivity contribution is 9.10. The van der Waals surface area contributed by atoms with Gasteiger partial charge in [0, 0.05) is 19.2 Å². The zero-order chi connectivity index (χ0) is 14.5. The Morgan fingerprint density at radius 2 is 1.89 bits per heavy atom. The van der Waals surface area contributed by atoms with Gasteiger partial charge in [-0.3, -0.25) is 0 Å². The number of hydrogen-bond acceptors (Lipinski definition) is 4. The number of halogens is 1. The Morgan fingerprint density at radius 3 is 2.42 bits per heavy atom. The topological polar surface area (TPSA) is 39.7 Å². The maximum Gasteiger partial charge on any atom is 0.188 e. The summed E-state index contributed by atoms with van der Waals surface area (Å²) in [5.41, 5.74) is 1.20. The lowest BCUT2D eigenvalue weighted by molar-refractivity contribution is 0.0486. The second kappa shape index (κ2) is 7.12. The van der Waals surface area contributed by atoms with Crippen LogP contribution in [0.3, 0.4) is 0 Å². The minimum atomic E-state index is 0.0743. The van der Waals surface area contributed by atoms with Crippen molar-refractivity contribution in [1.29, 1.82) is 0 Å². The minimum Gasteiger partial charge on any atom is -0.493 e. The zero-order valence-corrected chi connectivity index (χ0v) is 13.8. The Kier molecular flexibility index (Phi) is 6.10. The first kappa shape index (κ1) is 16.3. The fourth-order valence-electron chi connectivity index (χ4n) is 1.50. The van der Waals surface area contributed by atoms with Gasteiger partial charge in [0.1, 0.15) is 0 Å². The number of ether oxygens (including phenoxy) is 3. The normalized spacial score (nSPS) is 11.5. The maximum absolute atomic E-state index is 5.49. The molecule has 0 aliphatic rings. The van der Waals surface area contributed by atoms with E-state index >= 15 is 0 Å². The quantitative estimate of drug-likeness (QED) is 0.811. The van der Waals surface area contributed by atoms with E-state index in [2.05, 4.69) is 42.0 Å². The molecule has 1 aromatic rings. The molecule has 0 aliphatic heterocycles. The molecule has 0 atom stereocenters. The standard InChI is InChI=1S/C14H22BrNO3/c1-14(2,3)16-8-10-6-11(15)13(19-9-17-4)12(7-10)18-5/h6-7,16H,8-9H2,1-5H3. The van der Waals surface area contributed by atoms with E-state index in [9.17, 15) is 0 Å². The molecular formula is C14H22BrNO3. The summed E-state index contributed by atoms with van der Waals surface area (Å²) >= 11 is 3.50. The Labute approximate surface area is 123 Å². The van der Waals surface area contributed by atoms with Gasteiger partial charge in [-0.05, 0) is 54.4 Å². The van der Waals surface area contributed by atoms with Gasteiger partial charge in [-0.1, -0.05) is 0 Å². The molecule has 0 saturated carbocycles. The van der Waals surface area contributed by atoms with Crippen LogP contribution < -0.4 is 14.8 Å². The molecule has 1 N–H and O–H groups in total. The molecule has 0 heterocycles. The number of nitrogens with one attached hydrogen (secondary N) is 1. The van der Waals surface area contributed by atoms with Crippen LogP contribution >= 0.6 is 15.9 Å². The summed E-state index contributed by atoms with van der Waals surface area (Å²) in [6.45, 7) is 7.36. The molecule has 0 unspecified atom stereocenters. The van der Waals surface area contributed by atoms with Crippen LogP contribution in [0.5, 0.6) is 11.5 Å². The van der Waals surface area contributed by atoms with Crippen molar-refractivity contribution in [1.82, 2.24) is 5.32 Å². The largest absolute Gasteiger partial charge is 0.493 e. The maximum atomic E-state index is 5.49. The molecule has 0 fully saturated rings. The first-order valence-electron chi connectivity index (χ1n) is 6.10. The van der Waals surface area contributed by atoms with Crippen LogP contribution in [0.25, 0.3) is 0 Å². The van der Waals surface area contributed by atoms with Gasteiger partial charge in [0.25, 0.3) is 0 Å². The summed E-state index contributed by atoms with van der Waals surface area (Å²) < 4.78 is 16.6. The van der Waals surface area contributed by atoms with E-state index in [1.54, 1.807) is 14.2 Å². The molecule has 19 heavy (non-hydrogen) atoms. The van der Waals surface area contributed by atoms with E-state index in [0.29, 0.717) is 11.5 Å². The summed E-state index contributed by atoms with van der Waals surface area (Å²) in [4.78, 5) is 0. The Morgan fingerprint density at radius 1 is 1.21 bits per heavy atom. The van der Waals surface area contributed by atoms with Crippen molar-refractivity contribution in [2.45, 2.75) is 32.9 Å². The summed E-state index contributed by atoms with van der Waals surface area (Å²) in [5, 5.41) is 3.44. The summed E-state index contributed by atoms with van der Waals surface area (Å²) in [6.07, 6.45) is 0. The molecule has 0 spiro atoms. The highest BCUT2D eigenvalue weighted by Gasteiger charge is 2.13. The van der Waals surface area contributed by atoms with Crippen molar-refractivity contribution in [3.63, 3.8) is 0 Å². The lowest BCUT2D eigenvalue weighted by Gasteiger charge is -2.21. The van der Waals surface area contributed by atoms with Crippen LogP contribution in [-0.2, 0) is 11.3 Å². The Hall–Kier alpha value is -0.780. The van der Waals surface area contributed by atoms with Gasteiger partial charge in [0.15, 0.2) is 18.3 Å². The van der Waals surface area contributed by atoms with Crippen LogP contribution in [0, 0.1) is 0 Å². The Balaban J connectivity index is 2.89. The van der Waals surface area contributed by atoms with E-state index in [1.807, 2.05) is 12.1 Å². The highest BCUT2D eigenvalue weighted by atomic mass is 79.9. The fourth-order valence-corrected chi connectivity index (χ4v) is 2.10. The average Bonchev–Trinajstić information content (AvgIpc) is 2.33. The van der Waals surface area contributed by atoms with Gasteiger partial charge in [0.05, 0.1) is 11.6 Å². The van der Waals surface area contributed by atoms with E-state index in [4.69, 9.17) is 14.2 Å². The SMILES string of the molecule is COCOc1c(Br)cc(CNC(C)(C)C)cc1OC. The second-order valence-electron chi connectivity index (χ2n) is 5.26. The molecule has 5 heteroatoms. The first-order chi connectivity index (χ1) is 8.87. The van der Waals surface area contributed by atoms with Gasteiger partial charge in [0.2, 0.25) is 0 Å². The average molecular weight is 332 g/mol. The van der Waals surface area contributed by atoms with Crippen LogP contribution in [-0.4, -0.2) is 26.6 Å². The zero-order valence-electron chi connectivity index (χ0n) is 12.2. The van der Waals surface area contributed by atoms with Crippen LogP contribution in [0.4, 0.5) is 0 Å². The lowest BCUT2D eigenvalue weighted by atomic mass is 10.1. The minimum absolute atomic E-state index is 0.0743. The number of hydrogen-bond donors (Lipinski definition) is 1. The third-order valence-electron chi connectivity index (χ3n) is 2.43. The fraction of sp³-hybridized carbons (Fsp3) is 0.571. The van der Waals surface area contributed by atoms with E-state index in [0.717, 1.165) is 16.6 Å². The van der Waals surface area contributed by atoms with Crippen molar-refractivity contribution in [2.75, 3.05) is 21.0 Å². The summed E-state index contributed by atoms with van der Waals surface area (Å²) in [6, 6.07) is 3.99. The van der Waals surface area contributed by atoms with Gasteiger partial charge in [-0.25, -0.2) is 0 Å². The van der Waals surface area contributed by atoms with Crippen molar-refractivity contribution < 1.29 is 14.2 Å². The third kappa shape index (κ3) is 5.38. The molecule has 0 saturated heterocycles. The Bertz CT molecular complexity index is 416. The molecular weight excluding hydrogens is 310 g/mol. The van der Waals surface area contributed by atoms with E-state index < -0.39 is 0 Å². The van der Waals surface area contributed by atoms with Gasteiger partial charge in [-0.2, -0.15) is 0 Å². The van der Waals surface area contributed by atoms with Gasteiger partial charge < -0.3 is 19.5 Å². The highest BCUT2D eigenvalue weighted by Crippen LogP contribution is 2.36. The predicted molar refractivity (Wildman–Crippen MR) is 79.8 cm³/mol. The van der Waals surface area contributed by atoms with Crippen LogP contribution in [0.2, 0.25) is 0 Å². The van der Waals surface area contributed by atoms with E-state index in [-0.39, 0.29) is 12.3 Å². The van der Waals surface area contributed by atoms with Crippen LogP contribution in [0.15, 0.2) is 16.6 Å². The third-order valence-corrected chi connectivity index (χ3v) is 3.02. The molecule has 0 aliphatic carbocycles. The molecule has 1 aromatic carbocycles. The molecule has 108 valence electrons. The van der Waals surface area contributed by atoms with Gasteiger partial charge in [-0.15, -0.1) is 0 Å². The van der Waals surface area contributed by atoms with E-state index in [1.165, 1.54) is 0 Å². The van der Waals surface area contributed by atoms with Crippen molar-refractivity contribution in [3.8, 4) is 11.5 Å². The predicted octanol–water partition coefficient (Wildman–Crippen LogP) is 3.33. The molecule has 4 nitrogen and oxygen atoms in total. The molecule has 0 aromatic heterocycles. The number of benzene rings is 1. The molecule has 0 amide bonds. The van der Waals surface area contributed by atoms with Crippen LogP contribution in [0.1, 0.15) is 26.3 Å². The molecule has 1 rings (SSSR count). The monoisotopic (exact) mass is 331 g/mol. The molecule has 0 bridgehead atoms. The smallest absolute Gasteiger partial charge is 0.188 e.